The Morgan fingerprint density at radius 3 is 2.06 bits per heavy atom. The van der Waals surface area contributed by atoms with Gasteiger partial charge < -0.3 is 20.7 Å². The molecule has 3 aliphatic carbocycles. The minimum absolute atomic E-state index is 0.0424. The molecule has 34 heavy (non-hydrogen) atoms. The van der Waals surface area contributed by atoms with Gasteiger partial charge in [-0.2, -0.15) is 0 Å². The lowest BCUT2D eigenvalue weighted by Crippen LogP contribution is -2.42. The fourth-order valence-electron chi connectivity index (χ4n) is 5.55. The number of hydrogen-bond donors (Lipinski definition) is 3. The fraction of sp³-hybridized carbons (Fsp3) is 0.577. The zero-order chi connectivity index (χ0) is 24.5. The van der Waals surface area contributed by atoms with E-state index in [1.54, 1.807) is 0 Å². The number of halogens is 1. The van der Waals surface area contributed by atoms with Gasteiger partial charge in [0.2, 0.25) is 11.8 Å². The summed E-state index contributed by atoms with van der Waals surface area (Å²) in [7, 11) is 0. The van der Waals surface area contributed by atoms with E-state index in [2.05, 4.69) is 44.0 Å². The molecule has 1 aromatic rings. The molecule has 0 aromatic heterocycles. The number of benzene rings is 1. The molecule has 0 saturated heterocycles. The standard InChI is InChI=1S/C26H34BrN3O4/c1-25(2,3)34-24(33)29-15-5-4-14-28-22(31)20-18-10-11-19(26(18)12-13-26)21(20)23(32)30-17-8-6-16(27)7-9-17/h6-11,18-21H,4-5,12-15H2,1-3H3,(H,28,31)(H,29,33)(H,30,32)/t18-,19-,20-,21-/m1/s1. The van der Waals surface area contributed by atoms with Gasteiger partial charge >= 0.3 is 6.09 Å². The predicted molar refractivity (Wildman–Crippen MR) is 134 cm³/mol. The summed E-state index contributed by atoms with van der Waals surface area (Å²) in [5, 5.41) is 8.82. The molecule has 4 rings (SSSR count). The Morgan fingerprint density at radius 1 is 0.941 bits per heavy atom. The van der Waals surface area contributed by atoms with E-state index in [9.17, 15) is 14.4 Å². The summed E-state index contributed by atoms with van der Waals surface area (Å²) in [6.07, 6.45) is 7.52. The van der Waals surface area contributed by atoms with Crippen molar-refractivity contribution in [3.8, 4) is 0 Å². The quantitative estimate of drug-likeness (QED) is 0.336. The van der Waals surface area contributed by atoms with E-state index in [0.29, 0.717) is 13.1 Å². The molecule has 8 heteroatoms. The van der Waals surface area contributed by atoms with Crippen LogP contribution >= 0.6 is 15.9 Å². The van der Waals surface area contributed by atoms with E-state index in [4.69, 9.17) is 4.74 Å². The van der Waals surface area contributed by atoms with Crippen LogP contribution in [-0.4, -0.2) is 36.6 Å². The van der Waals surface area contributed by atoms with Gasteiger partial charge in [0.15, 0.2) is 0 Å². The van der Waals surface area contributed by atoms with E-state index in [1.807, 2.05) is 45.0 Å². The first-order chi connectivity index (χ1) is 16.1. The van der Waals surface area contributed by atoms with Crippen LogP contribution in [0.5, 0.6) is 0 Å². The van der Waals surface area contributed by atoms with Gasteiger partial charge in [-0.1, -0.05) is 28.1 Å². The van der Waals surface area contributed by atoms with Gasteiger partial charge in [-0.05, 0) is 88.0 Å². The SMILES string of the molecule is CC(C)(C)OC(=O)NCCCCNC(=O)[C@H]1[C@H](C(=O)Nc2ccc(Br)cc2)[C@H]2C=C[C@H]1C21CC1. The Bertz CT molecular complexity index is 965. The van der Waals surface area contributed by atoms with E-state index < -0.39 is 11.7 Å². The largest absolute Gasteiger partial charge is 0.444 e. The first-order valence-corrected chi connectivity index (χ1v) is 12.9. The highest BCUT2D eigenvalue weighted by molar-refractivity contribution is 9.10. The number of carbonyl (C=O) groups excluding carboxylic acids is 3. The summed E-state index contributed by atoms with van der Waals surface area (Å²) in [5.74, 6) is -0.553. The summed E-state index contributed by atoms with van der Waals surface area (Å²) >= 11 is 3.41. The van der Waals surface area contributed by atoms with Gasteiger partial charge in [-0.3, -0.25) is 9.59 Å². The molecule has 4 atom stereocenters. The second-order valence-corrected chi connectivity index (χ2v) is 11.6. The summed E-state index contributed by atoms with van der Waals surface area (Å²) in [5.41, 5.74) is 0.314. The monoisotopic (exact) mass is 531 g/mol. The van der Waals surface area contributed by atoms with Crippen molar-refractivity contribution < 1.29 is 19.1 Å². The van der Waals surface area contributed by atoms with Crippen molar-refractivity contribution in [2.45, 2.75) is 52.1 Å². The van der Waals surface area contributed by atoms with Crippen LogP contribution in [0.2, 0.25) is 0 Å². The molecule has 3 amide bonds. The van der Waals surface area contributed by atoms with Crippen molar-refractivity contribution in [2.75, 3.05) is 18.4 Å². The molecule has 0 aliphatic heterocycles. The zero-order valence-electron chi connectivity index (χ0n) is 20.0. The van der Waals surface area contributed by atoms with Crippen molar-refractivity contribution in [3.05, 3.63) is 40.9 Å². The number of ether oxygens (including phenoxy) is 1. The van der Waals surface area contributed by atoms with Crippen LogP contribution < -0.4 is 16.0 Å². The number of allylic oxidation sites excluding steroid dienone is 2. The second kappa shape index (κ2) is 9.72. The smallest absolute Gasteiger partial charge is 0.407 e. The van der Waals surface area contributed by atoms with Crippen molar-refractivity contribution in [2.24, 2.45) is 29.1 Å². The van der Waals surface area contributed by atoms with Crippen LogP contribution in [0.1, 0.15) is 46.5 Å². The van der Waals surface area contributed by atoms with Crippen LogP contribution in [-0.2, 0) is 14.3 Å². The average molecular weight is 532 g/mol. The number of carbonyl (C=O) groups is 3. The molecule has 0 unspecified atom stereocenters. The minimum Gasteiger partial charge on any atom is -0.444 e. The first kappa shape index (κ1) is 24.8. The van der Waals surface area contributed by atoms with Crippen LogP contribution in [0.15, 0.2) is 40.9 Å². The Morgan fingerprint density at radius 2 is 1.50 bits per heavy atom. The number of alkyl carbamates (subject to hydrolysis) is 1. The third kappa shape index (κ3) is 5.32. The molecule has 3 N–H and O–H groups in total. The molecule has 2 bridgehead atoms. The lowest BCUT2D eigenvalue weighted by molar-refractivity contribution is -0.132. The Hall–Kier alpha value is -2.35. The first-order valence-electron chi connectivity index (χ1n) is 12.1. The maximum Gasteiger partial charge on any atom is 0.407 e. The van der Waals surface area contributed by atoms with Crippen molar-refractivity contribution in [3.63, 3.8) is 0 Å². The zero-order valence-corrected chi connectivity index (χ0v) is 21.6. The molecule has 1 spiro atoms. The molecule has 184 valence electrons. The summed E-state index contributed by atoms with van der Waals surface area (Å²) in [6.45, 7) is 6.48. The molecular formula is C26H34BrN3O4. The van der Waals surface area contributed by atoms with E-state index >= 15 is 0 Å². The van der Waals surface area contributed by atoms with Gasteiger partial charge in [-0.25, -0.2) is 4.79 Å². The number of amides is 3. The molecule has 1 aromatic carbocycles. The van der Waals surface area contributed by atoms with E-state index in [-0.39, 0.29) is 40.9 Å². The van der Waals surface area contributed by atoms with E-state index in [1.165, 1.54) is 0 Å². The predicted octanol–water partition coefficient (Wildman–Crippen LogP) is 4.64. The van der Waals surface area contributed by atoms with Crippen molar-refractivity contribution in [1.82, 2.24) is 10.6 Å². The minimum atomic E-state index is -0.522. The maximum absolute atomic E-state index is 13.3. The maximum atomic E-state index is 13.3. The summed E-state index contributed by atoms with van der Waals surface area (Å²) < 4.78 is 6.17. The van der Waals surface area contributed by atoms with Gasteiger partial charge in [0, 0.05) is 23.2 Å². The normalized spacial score (nSPS) is 25.8. The van der Waals surface area contributed by atoms with Crippen LogP contribution in [0, 0.1) is 29.1 Å². The van der Waals surface area contributed by atoms with Gasteiger partial charge in [0.1, 0.15) is 5.60 Å². The summed E-state index contributed by atoms with van der Waals surface area (Å²) in [4.78, 5) is 38.3. The lowest BCUT2D eigenvalue weighted by atomic mass is 9.81. The highest BCUT2D eigenvalue weighted by Crippen LogP contribution is 2.72. The van der Waals surface area contributed by atoms with Gasteiger partial charge in [0.05, 0.1) is 11.8 Å². The topological polar surface area (TPSA) is 96.5 Å². The lowest BCUT2D eigenvalue weighted by Gasteiger charge is -2.26. The number of rotatable bonds is 8. The van der Waals surface area contributed by atoms with Crippen molar-refractivity contribution in [1.29, 1.82) is 0 Å². The number of nitrogens with one attached hydrogen (secondary N) is 3. The third-order valence-corrected chi connectivity index (χ3v) is 7.66. The Kier molecular flexibility index (Phi) is 7.08. The molecule has 7 nitrogen and oxygen atoms in total. The molecule has 0 heterocycles. The molecule has 0 radical (unpaired) electrons. The van der Waals surface area contributed by atoms with Crippen LogP contribution in [0.4, 0.5) is 10.5 Å². The Balaban J connectivity index is 1.29. The van der Waals surface area contributed by atoms with Crippen molar-refractivity contribution >= 4 is 39.5 Å². The third-order valence-electron chi connectivity index (χ3n) is 7.13. The molecule has 2 saturated carbocycles. The van der Waals surface area contributed by atoms with Gasteiger partial charge in [0.25, 0.3) is 0 Å². The molecule has 2 fully saturated rings. The van der Waals surface area contributed by atoms with Gasteiger partial charge in [-0.15, -0.1) is 0 Å². The number of anilines is 1. The number of hydrogen-bond acceptors (Lipinski definition) is 4. The van der Waals surface area contributed by atoms with Crippen LogP contribution in [0.25, 0.3) is 0 Å². The van der Waals surface area contributed by atoms with Crippen LogP contribution in [0.3, 0.4) is 0 Å². The number of unbranched alkanes of at least 4 members (excludes halogenated alkanes) is 1. The average Bonchev–Trinajstić information content (AvgIpc) is 3.43. The highest BCUT2D eigenvalue weighted by atomic mass is 79.9. The summed E-state index contributed by atoms with van der Waals surface area (Å²) in [6, 6.07) is 7.50. The fourth-order valence-corrected chi connectivity index (χ4v) is 5.82. The van der Waals surface area contributed by atoms with E-state index in [0.717, 1.165) is 35.8 Å². The molecule has 3 aliphatic rings. The Labute approximate surface area is 209 Å². The second-order valence-electron chi connectivity index (χ2n) is 10.6. The highest BCUT2D eigenvalue weighted by Gasteiger charge is 2.69. The molecular weight excluding hydrogens is 498 g/mol.